The van der Waals surface area contributed by atoms with E-state index in [-0.39, 0.29) is 25.8 Å². The van der Waals surface area contributed by atoms with Gasteiger partial charge in [0.25, 0.3) is 5.91 Å². The van der Waals surface area contributed by atoms with E-state index in [0.717, 1.165) is 0 Å². The zero-order valence-corrected chi connectivity index (χ0v) is 21.8. The summed E-state index contributed by atoms with van der Waals surface area (Å²) >= 11 is 0. The SMILES string of the molecule is COC(=O)[C@H](CCCCNC(=O)C(F)(F)C(O)[C@H](Cc1ccccc1)NC(=O)OC(C)(C)C)NC(C)=O. The van der Waals surface area contributed by atoms with Gasteiger partial charge in [-0.2, -0.15) is 8.78 Å². The molecule has 1 aromatic carbocycles. The summed E-state index contributed by atoms with van der Waals surface area (Å²) in [5, 5.41) is 17.3. The molecule has 0 fully saturated rings. The van der Waals surface area contributed by atoms with E-state index < -0.39 is 53.6 Å². The van der Waals surface area contributed by atoms with Crippen LogP contribution in [0.2, 0.25) is 0 Å². The molecule has 1 aromatic rings. The largest absolute Gasteiger partial charge is 0.467 e. The highest BCUT2D eigenvalue weighted by Crippen LogP contribution is 2.24. The van der Waals surface area contributed by atoms with Gasteiger partial charge in [0.2, 0.25) is 5.91 Å². The molecule has 12 heteroatoms. The fourth-order valence-corrected chi connectivity index (χ4v) is 3.39. The Kier molecular flexibility index (Phi) is 12.4. The molecule has 0 spiro atoms. The van der Waals surface area contributed by atoms with Crippen LogP contribution in [0.3, 0.4) is 0 Å². The number of halogens is 2. The second kappa shape index (κ2) is 14.5. The molecule has 3 atom stereocenters. The Labute approximate surface area is 215 Å². The van der Waals surface area contributed by atoms with Crippen molar-refractivity contribution in [1.82, 2.24) is 16.0 Å². The molecule has 0 aliphatic heterocycles. The van der Waals surface area contributed by atoms with Crippen molar-refractivity contribution in [3.63, 3.8) is 0 Å². The second-order valence-electron chi connectivity index (χ2n) is 9.54. The summed E-state index contributed by atoms with van der Waals surface area (Å²) in [5.41, 5.74) is -0.350. The van der Waals surface area contributed by atoms with Gasteiger partial charge in [0.05, 0.1) is 13.2 Å². The molecule has 208 valence electrons. The molecule has 0 saturated heterocycles. The standard InChI is InChI=1S/C25H37F2N3O7/c1-16(31)29-18(21(33)36-5)13-9-10-14-28-22(34)25(26,27)20(32)19(15-17-11-7-6-8-12-17)30-23(35)37-24(2,3)4/h6-8,11-12,18-20,32H,9-10,13-15H2,1-5H3,(H,28,34)(H,29,31)(H,30,35)/t18-,19-,20?/m0/s1. The van der Waals surface area contributed by atoms with Crippen molar-refractivity contribution in [1.29, 1.82) is 0 Å². The number of alkyl carbamates (subject to hydrolysis) is 1. The Hall–Kier alpha value is -3.28. The number of amides is 3. The molecule has 0 aliphatic carbocycles. The van der Waals surface area contributed by atoms with Crippen molar-refractivity contribution >= 4 is 23.9 Å². The van der Waals surface area contributed by atoms with Crippen LogP contribution in [0.4, 0.5) is 13.6 Å². The van der Waals surface area contributed by atoms with Crippen LogP contribution in [0, 0.1) is 0 Å². The van der Waals surface area contributed by atoms with Crippen LogP contribution in [0.1, 0.15) is 52.5 Å². The van der Waals surface area contributed by atoms with Gasteiger partial charge in [0, 0.05) is 13.5 Å². The molecule has 0 aliphatic rings. The number of ether oxygens (including phenoxy) is 2. The van der Waals surface area contributed by atoms with Gasteiger partial charge < -0.3 is 30.5 Å². The van der Waals surface area contributed by atoms with Gasteiger partial charge in [-0.05, 0) is 52.0 Å². The smallest absolute Gasteiger partial charge is 0.407 e. The Balaban J connectivity index is 2.78. The maximum atomic E-state index is 14.9. The van der Waals surface area contributed by atoms with Crippen LogP contribution < -0.4 is 16.0 Å². The number of esters is 1. The molecule has 0 bridgehead atoms. The van der Waals surface area contributed by atoms with Crippen LogP contribution in [0.25, 0.3) is 0 Å². The van der Waals surface area contributed by atoms with Crippen molar-refractivity contribution in [2.75, 3.05) is 13.7 Å². The third-order valence-electron chi connectivity index (χ3n) is 5.12. The van der Waals surface area contributed by atoms with Crippen LogP contribution >= 0.6 is 0 Å². The van der Waals surface area contributed by atoms with E-state index in [1.807, 2.05) is 0 Å². The van der Waals surface area contributed by atoms with Gasteiger partial charge in [-0.25, -0.2) is 9.59 Å². The number of hydrogen-bond acceptors (Lipinski definition) is 7. The quantitative estimate of drug-likeness (QED) is 0.226. The number of aliphatic hydroxyl groups excluding tert-OH is 1. The topological polar surface area (TPSA) is 143 Å². The van der Waals surface area contributed by atoms with Gasteiger partial charge in [0.15, 0.2) is 0 Å². The first-order valence-corrected chi connectivity index (χ1v) is 11.9. The number of rotatable bonds is 13. The summed E-state index contributed by atoms with van der Waals surface area (Å²) in [4.78, 5) is 47.4. The fourth-order valence-electron chi connectivity index (χ4n) is 3.39. The lowest BCUT2D eigenvalue weighted by atomic mass is 9.96. The number of nitrogens with one attached hydrogen (secondary N) is 3. The Morgan fingerprint density at radius 2 is 1.65 bits per heavy atom. The zero-order chi connectivity index (χ0) is 28.2. The van der Waals surface area contributed by atoms with Gasteiger partial charge in [-0.3, -0.25) is 9.59 Å². The summed E-state index contributed by atoms with van der Waals surface area (Å²) in [6.07, 6.45) is -3.03. The van der Waals surface area contributed by atoms with Gasteiger partial charge in [0.1, 0.15) is 17.7 Å². The third-order valence-corrected chi connectivity index (χ3v) is 5.12. The molecule has 0 heterocycles. The average molecular weight is 530 g/mol. The van der Waals surface area contributed by atoms with Crippen LogP contribution in [-0.4, -0.2) is 72.3 Å². The molecule has 0 aromatic heterocycles. The minimum atomic E-state index is -4.24. The maximum absolute atomic E-state index is 14.9. The minimum Gasteiger partial charge on any atom is -0.467 e. The fraction of sp³-hybridized carbons (Fsp3) is 0.600. The third kappa shape index (κ3) is 11.5. The number of aliphatic hydroxyl groups is 1. The van der Waals surface area contributed by atoms with Crippen molar-refractivity contribution in [3.05, 3.63) is 35.9 Å². The predicted octanol–water partition coefficient (Wildman–Crippen LogP) is 2.08. The minimum absolute atomic E-state index is 0.169. The van der Waals surface area contributed by atoms with Crippen LogP contribution in [0.15, 0.2) is 30.3 Å². The van der Waals surface area contributed by atoms with E-state index in [0.29, 0.717) is 12.0 Å². The van der Waals surface area contributed by atoms with E-state index >= 15 is 0 Å². The Morgan fingerprint density at radius 1 is 1.03 bits per heavy atom. The molecule has 0 radical (unpaired) electrons. The number of unbranched alkanes of at least 4 members (excludes halogenated alkanes) is 1. The summed E-state index contributed by atoms with van der Waals surface area (Å²) in [6.45, 7) is 5.87. The number of carbonyl (C=O) groups is 4. The molecule has 3 amide bonds. The van der Waals surface area contributed by atoms with Crippen molar-refractivity contribution in [3.8, 4) is 0 Å². The first-order chi connectivity index (χ1) is 17.2. The van der Waals surface area contributed by atoms with Crippen molar-refractivity contribution < 1.29 is 42.5 Å². The number of benzene rings is 1. The maximum Gasteiger partial charge on any atom is 0.407 e. The lowest BCUT2D eigenvalue weighted by Gasteiger charge is -2.30. The van der Waals surface area contributed by atoms with E-state index in [9.17, 15) is 33.1 Å². The van der Waals surface area contributed by atoms with Crippen LogP contribution in [-0.2, 0) is 30.3 Å². The van der Waals surface area contributed by atoms with Gasteiger partial charge in [-0.15, -0.1) is 0 Å². The number of alkyl halides is 2. The summed E-state index contributed by atoms with van der Waals surface area (Å²) in [5.74, 6) is -7.02. The Bertz CT molecular complexity index is 907. The normalized spacial score (nSPS) is 14.1. The lowest BCUT2D eigenvalue weighted by Crippen LogP contribution is -2.58. The molecule has 1 rings (SSSR count). The highest BCUT2D eigenvalue weighted by atomic mass is 19.3. The van der Waals surface area contributed by atoms with E-state index in [2.05, 4.69) is 20.7 Å². The number of carbonyl (C=O) groups excluding carboxylic acids is 4. The van der Waals surface area contributed by atoms with E-state index in [1.54, 1.807) is 51.1 Å². The van der Waals surface area contributed by atoms with Gasteiger partial charge in [-0.1, -0.05) is 30.3 Å². The average Bonchev–Trinajstić information content (AvgIpc) is 2.80. The summed E-state index contributed by atoms with van der Waals surface area (Å²) in [6, 6.07) is 5.92. The first-order valence-electron chi connectivity index (χ1n) is 11.9. The molecule has 4 N–H and O–H groups in total. The molecule has 37 heavy (non-hydrogen) atoms. The van der Waals surface area contributed by atoms with Crippen molar-refractivity contribution in [2.45, 2.75) is 83.1 Å². The summed E-state index contributed by atoms with van der Waals surface area (Å²) < 4.78 is 39.6. The molecule has 1 unspecified atom stereocenters. The van der Waals surface area contributed by atoms with Crippen molar-refractivity contribution in [2.24, 2.45) is 0 Å². The zero-order valence-electron chi connectivity index (χ0n) is 21.8. The molecule has 10 nitrogen and oxygen atoms in total. The summed E-state index contributed by atoms with van der Waals surface area (Å²) in [7, 11) is 1.17. The second-order valence-corrected chi connectivity index (χ2v) is 9.54. The highest BCUT2D eigenvalue weighted by molar-refractivity contribution is 5.84. The first kappa shape index (κ1) is 31.7. The Morgan fingerprint density at radius 3 is 2.19 bits per heavy atom. The molecular weight excluding hydrogens is 492 g/mol. The predicted molar refractivity (Wildman–Crippen MR) is 131 cm³/mol. The van der Waals surface area contributed by atoms with Crippen LogP contribution in [0.5, 0.6) is 0 Å². The monoisotopic (exact) mass is 529 g/mol. The van der Waals surface area contributed by atoms with E-state index in [1.165, 1.54) is 14.0 Å². The van der Waals surface area contributed by atoms with E-state index in [4.69, 9.17) is 4.74 Å². The number of hydrogen-bond donors (Lipinski definition) is 4. The van der Waals surface area contributed by atoms with Gasteiger partial charge >= 0.3 is 18.0 Å². The molecule has 0 saturated carbocycles. The lowest BCUT2D eigenvalue weighted by molar-refractivity contribution is -0.166. The highest BCUT2D eigenvalue weighted by Gasteiger charge is 2.50. The molecular formula is C25H37F2N3O7. The number of methoxy groups -OCH3 is 1.